The number of carbonyl (C=O) groups is 2. The minimum Gasteiger partial charge on any atom is -0.334 e. The van der Waals surface area contributed by atoms with Gasteiger partial charge in [0.1, 0.15) is 11.5 Å². The van der Waals surface area contributed by atoms with Crippen molar-refractivity contribution >= 4 is 11.7 Å². The molecule has 7 heteroatoms. The Bertz CT molecular complexity index is 922. The van der Waals surface area contributed by atoms with Crippen molar-refractivity contribution < 1.29 is 9.59 Å². The molecule has 0 spiro atoms. The lowest BCUT2D eigenvalue weighted by atomic mass is 9.76. The Morgan fingerprint density at radius 3 is 2.58 bits per heavy atom. The fourth-order valence-corrected chi connectivity index (χ4v) is 5.41. The Morgan fingerprint density at radius 1 is 1.09 bits per heavy atom. The number of nitrogens with one attached hydrogen (secondary N) is 1. The van der Waals surface area contributed by atoms with Gasteiger partial charge in [0.25, 0.3) is 0 Å². The van der Waals surface area contributed by atoms with Crippen LogP contribution in [0.3, 0.4) is 0 Å². The number of likely N-dealkylation sites (N-methyl/N-ethyl adjacent to an activating group) is 1. The van der Waals surface area contributed by atoms with Gasteiger partial charge in [0.05, 0.1) is 24.8 Å². The number of amides is 1. The van der Waals surface area contributed by atoms with Gasteiger partial charge in [0.15, 0.2) is 0 Å². The predicted molar refractivity (Wildman–Crippen MR) is 127 cm³/mol. The van der Waals surface area contributed by atoms with Crippen LogP contribution in [0, 0.1) is 11.8 Å². The van der Waals surface area contributed by atoms with E-state index >= 15 is 0 Å². The summed E-state index contributed by atoms with van der Waals surface area (Å²) in [7, 11) is 1.80. The molecule has 1 amide bonds. The molecule has 1 aliphatic carbocycles. The van der Waals surface area contributed by atoms with Crippen molar-refractivity contribution in [2.45, 2.75) is 76.9 Å². The zero-order valence-electron chi connectivity index (χ0n) is 19.9. The lowest BCUT2D eigenvalue weighted by Crippen LogP contribution is -2.42. The lowest BCUT2D eigenvalue weighted by molar-refractivity contribution is -0.141. The zero-order chi connectivity index (χ0) is 23.2. The molecule has 1 N–H and O–H groups in total. The van der Waals surface area contributed by atoms with Crippen LogP contribution >= 0.6 is 0 Å². The van der Waals surface area contributed by atoms with E-state index < -0.39 is 0 Å². The van der Waals surface area contributed by atoms with Gasteiger partial charge in [-0.05, 0) is 51.1 Å². The van der Waals surface area contributed by atoms with E-state index in [1.165, 1.54) is 12.0 Å². The molecule has 33 heavy (non-hydrogen) atoms. The maximum Gasteiger partial charge on any atom is 0.226 e. The van der Waals surface area contributed by atoms with Crippen LogP contribution in [0.4, 0.5) is 0 Å². The summed E-state index contributed by atoms with van der Waals surface area (Å²) in [5.74, 6) is 0.340. The Kier molecular flexibility index (Phi) is 7.91. The van der Waals surface area contributed by atoms with Crippen LogP contribution < -0.4 is 5.32 Å². The van der Waals surface area contributed by atoms with E-state index in [0.717, 1.165) is 50.8 Å². The number of ketones is 1. The fraction of sp³-hybridized carbons (Fsp3) is 0.615. The Hall–Kier alpha value is -2.54. The van der Waals surface area contributed by atoms with Crippen molar-refractivity contribution in [2.24, 2.45) is 11.8 Å². The van der Waals surface area contributed by atoms with Gasteiger partial charge in [-0.15, -0.1) is 5.10 Å². The van der Waals surface area contributed by atoms with Crippen LogP contribution in [-0.2, 0) is 16.1 Å². The monoisotopic (exact) mass is 451 g/mol. The number of nitrogens with zero attached hydrogens (tertiary/aromatic N) is 4. The van der Waals surface area contributed by atoms with Gasteiger partial charge in [-0.1, -0.05) is 54.8 Å². The minimum atomic E-state index is -0.228. The van der Waals surface area contributed by atoms with Crippen LogP contribution in [0.5, 0.6) is 0 Å². The lowest BCUT2D eigenvalue weighted by Gasteiger charge is -2.34. The molecule has 1 saturated carbocycles. The smallest absolute Gasteiger partial charge is 0.226 e. The summed E-state index contributed by atoms with van der Waals surface area (Å²) >= 11 is 0. The third-order valence-corrected chi connectivity index (χ3v) is 7.49. The summed E-state index contributed by atoms with van der Waals surface area (Å²) in [5, 5.41) is 11.8. The molecule has 1 aliphatic heterocycles. The number of hydrogen-bond donors (Lipinski definition) is 1. The van der Waals surface area contributed by atoms with Crippen LogP contribution in [-0.4, -0.2) is 51.2 Å². The number of likely N-dealkylation sites (tertiary alicyclic amines) is 1. The zero-order valence-corrected chi connectivity index (χ0v) is 19.9. The quantitative estimate of drug-likeness (QED) is 0.628. The standard InChI is InChI=1S/C26H37N5O2/c1-19(27-2)25(32)16-22(21-12-7-4-8-13-21)26(33)31-15-9-14-24(31)23-18-30(29-28-23)17-20-10-5-3-6-11-20/h3,5-6,10-11,18-19,21-22,24,27H,4,7-9,12-17H2,1-2H3/t19-,22-,24-/m0/s1. The average molecular weight is 452 g/mol. The second kappa shape index (κ2) is 11.1. The molecular weight excluding hydrogens is 414 g/mol. The molecule has 2 fully saturated rings. The molecule has 2 aromatic rings. The van der Waals surface area contributed by atoms with Gasteiger partial charge in [-0.3, -0.25) is 9.59 Å². The van der Waals surface area contributed by atoms with E-state index in [1.807, 2.05) is 40.9 Å². The number of benzene rings is 1. The van der Waals surface area contributed by atoms with Crippen LogP contribution in [0.25, 0.3) is 0 Å². The molecule has 2 heterocycles. The first-order chi connectivity index (χ1) is 16.1. The molecule has 3 atom stereocenters. The average Bonchev–Trinajstić information content (AvgIpc) is 3.52. The number of carbonyl (C=O) groups excluding carboxylic acids is 2. The highest BCUT2D eigenvalue weighted by Crippen LogP contribution is 2.38. The van der Waals surface area contributed by atoms with Gasteiger partial charge in [0.2, 0.25) is 5.91 Å². The van der Waals surface area contributed by atoms with Gasteiger partial charge >= 0.3 is 0 Å². The highest BCUT2D eigenvalue weighted by molar-refractivity contribution is 5.90. The maximum atomic E-state index is 13.9. The van der Waals surface area contributed by atoms with Crippen molar-refractivity contribution in [2.75, 3.05) is 13.6 Å². The van der Waals surface area contributed by atoms with E-state index in [9.17, 15) is 9.59 Å². The van der Waals surface area contributed by atoms with E-state index in [4.69, 9.17) is 0 Å². The second-order valence-electron chi connectivity index (χ2n) is 9.70. The number of rotatable bonds is 9. The summed E-state index contributed by atoms with van der Waals surface area (Å²) in [5.41, 5.74) is 2.02. The first-order valence-electron chi connectivity index (χ1n) is 12.5. The molecule has 0 radical (unpaired) electrons. The molecule has 1 saturated heterocycles. The van der Waals surface area contributed by atoms with Gasteiger partial charge < -0.3 is 10.2 Å². The SMILES string of the molecule is CN[C@@H](C)C(=O)C[C@H](C(=O)N1CCC[C@H]1c1cn(Cc2ccccc2)nn1)C1CCCCC1. The Labute approximate surface area is 196 Å². The summed E-state index contributed by atoms with van der Waals surface area (Å²) < 4.78 is 1.85. The normalized spacial score (nSPS) is 21.2. The Morgan fingerprint density at radius 2 is 1.85 bits per heavy atom. The molecule has 1 aromatic carbocycles. The molecule has 2 aliphatic rings. The molecule has 178 valence electrons. The maximum absolute atomic E-state index is 13.9. The number of hydrogen-bond acceptors (Lipinski definition) is 5. The van der Waals surface area contributed by atoms with Crippen molar-refractivity contribution in [3.8, 4) is 0 Å². The summed E-state index contributed by atoms with van der Waals surface area (Å²) in [4.78, 5) is 28.7. The number of Topliss-reactive ketones (excluding diaryl/α,β-unsaturated/α-hetero) is 1. The Balaban J connectivity index is 1.50. The highest BCUT2D eigenvalue weighted by Gasteiger charge is 2.40. The van der Waals surface area contributed by atoms with Gasteiger partial charge in [-0.25, -0.2) is 4.68 Å². The predicted octanol–water partition coefficient (Wildman–Crippen LogP) is 3.75. The molecular formula is C26H37N5O2. The van der Waals surface area contributed by atoms with E-state index in [2.05, 4.69) is 27.8 Å². The number of aromatic nitrogens is 3. The molecule has 0 unspecified atom stereocenters. The summed E-state index contributed by atoms with van der Waals surface area (Å²) in [6, 6.07) is 9.91. The van der Waals surface area contributed by atoms with Crippen LogP contribution in [0.1, 0.15) is 75.6 Å². The van der Waals surface area contributed by atoms with Crippen molar-refractivity contribution in [3.63, 3.8) is 0 Å². The van der Waals surface area contributed by atoms with Gasteiger partial charge in [-0.2, -0.15) is 0 Å². The fourth-order valence-electron chi connectivity index (χ4n) is 5.41. The minimum absolute atomic E-state index is 0.0510. The molecule has 1 aromatic heterocycles. The second-order valence-corrected chi connectivity index (χ2v) is 9.70. The van der Waals surface area contributed by atoms with Crippen LogP contribution in [0.15, 0.2) is 36.5 Å². The molecule has 4 rings (SSSR count). The van der Waals surface area contributed by atoms with E-state index in [-0.39, 0.29) is 29.7 Å². The molecule has 0 bridgehead atoms. The summed E-state index contributed by atoms with van der Waals surface area (Å²) in [6.45, 7) is 3.28. The third-order valence-electron chi connectivity index (χ3n) is 7.49. The van der Waals surface area contributed by atoms with Crippen molar-refractivity contribution in [1.82, 2.24) is 25.2 Å². The van der Waals surface area contributed by atoms with Crippen molar-refractivity contribution in [3.05, 3.63) is 47.8 Å². The topological polar surface area (TPSA) is 80.1 Å². The highest BCUT2D eigenvalue weighted by atomic mass is 16.2. The van der Waals surface area contributed by atoms with Crippen molar-refractivity contribution in [1.29, 1.82) is 0 Å². The molecule has 7 nitrogen and oxygen atoms in total. The first-order valence-corrected chi connectivity index (χ1v) is 12.5. The van der Waals surface area contributed by atoms with E-state index in [0.29, 0.717) is 18.9 Å². The van der Waals surface area contributed by atoms with Crippen LogP contribution in [0.2, 0.25) is 0 Å². The first kappa shape index (κ1) is 23.6. The summed E-state index contributed by atoms with van der Waals surface area (Å²) in [6.07, 6.45) is 9.79. The van der Waals surface area contributed by atoms with Gasteiger partial charge in [0, 0.05) is 18.9 Å². The largest absolute Gasteiger partial charge is 0.334 e. The van der Waals surface area contributed by atoms with E-state index in [1.54, 1.807) is 7.05 Å². The third kappa shape index (κ3) is 5.69.